The third-order valence-electron chi connectivity index (χ3n) is 9.54. The number of benzene rings is 2. The first-order valence-electron chi connectivity index (χ1n) is 17.3. The molecule has 53 heavy (non-hydrogen) atoms. The molecule has 1 aromatic heterocycles. The number of esters is 1. The molecule has 0 bridgehead atoms. The van der Waals surface area contributed by atoms with E-state index in [0.29, 0.717) is 41.9 Å². The molecule has 0 saturated carbocycles. The van der Waals surface area contributed by atoms with E-state index in [0.717, 1.165) is 17.2 Å². The van der Waals surface area contributed by atoms with Crippen LogP contribution >= 0.6 is 0 Å². The van der Waals surface area contributed by atoms with Crippen LogP contribution in [0.1, 0.15) is 91.1 Å². The molecule has 1 aliphatic heterocycles. The van der Waals surface area contributed by atoms with Crippen molar-refractivity contribution in [2.75, 3.05) is 26.2 Å². The molecule has 0 aliphatic carbocycles. The topological polar surface area (TPSA) is 80.6 Å². The molecule has 2 atom stereocenters. The van der Waals surface area contributed by atoms with Gasteiger partial charge >= 0.3 is 18.3 Å². The second-order valence-corrected chi connectivity index (χ2v) is 13.8. The minimum atomic E-state index is -5.34. The molecule has 1 aliphatic rings. The van der Waals surface area contributed by atoms with Gasteiger partial charge in [0.25, 0.3) is 5.56 Å². The SMILES string of the molecule is CCOC(=O)C[C@H](NC(=O)C(CC(C)C)n1cc(CCN2CCC2)c(C(F)(F)F)cc1=O)c1c(F)c(-c2c(C)ccc(C)c2C)cc(C(F)(F)F)c1F. The van der Waals surface area contributed by atoms with Crippen LogP contribution in [0.5, 0.6) is 0 Å². The van der Waals surface area contributed by atoms with E-state index < -0.39 is 82.2 Å². The first-order chi connectivity index (χ1) is 24.6. The maximum absolute atomic E-state index is 16.7. The molecule has 2 aromatic carbocycles. The smallest absolute Gasteiger partial charge is 0.419 e. The van der Waals surface area contributed by atoms with E-state index in [2.05, 4.69) is 5.32 Å². The van der Waals surface area contributed by atoms with Crippen molar-refractivity contribution in [3.8, 4) is 11.1 Å². The van der Waals surface area contributed by atoms with Crippen LogP contribution in [0.15, 0.2) is 35.3 Å². The predicted molar refractivity (Wildman–Crippen MR) is 182 cm³/mol. The fourth-order valence-corrected chi connectivity index (χ4v) is 6.57. The summed E-state index contributed by atoms with van der Waals surface area (Å²) in [5.41, 5.74) is -4.96. The molecule has 1 saturated heterocycles. The summed E-state index contributed by atoms with van der Waals surface area (Å²) >= 11 is 0. The van der Waals surface area contributed by atoms with E-state index in [4.69, 9.17) is 4.74 Å². The second kappa shape index (κ2) is 16.4. The molecule has 3 aromatic rings. The molecule has 4 rings (SSSR count). The van der Waals surface area contributed by atoms with E-state index in [-0.39, 0.29) is 43.0 Å². The summed E-state index contributed by atoms with van der Waals surface area (Å²) in [4.78, 5) is 42.2. The minimum Gasteiger partial charge on any atom is -0.466 e. The molecule has 7 nitrogen and oxygen atoms in total. The Labute approximate surface area is 302 Å². The maximum Gasteiger partial charge on any atom is 0.419 e. The number of aromatic nitrogens is 1. The third-order valence-corrected chi connectivity index (χ3v) is 9.54. The lowest BCUT2D eigenvalue weighted by Gasteiger charge is -2.31. The summed E-state index contributed by atoms with van der Waals surface area (Å²) in [6, 6.07) is 0.277. The number of rotatable bonds is 13. The second-order valence-electron chi connectivity index (χ2n) is 13.8. The van der Waals surface area contributed by atoms with E-state index in [1.807, 2.05) is 4.90 Å². The van der Waals surface area contributed by atoms with Gasteiger partial charge in [0, 0.05) is 29.9 Å². The number of nitrogens with one attached hydrogen (secondary N) is 1. The number of nitrogens with zero attached hydrogens (tertiary/aromatic N) is 2. The van der Waals surface area contributed by atoms with Gasteiger partial charge in [-0.1, -0.05) is 26.0 Å². The number of halogens is 8. The molecule has 1 amide bonds. The van der Waals surface area contributed by atoms with Crippen LogP contribution < -0.4 is 10.9 Å². The zero-order valence-corrected chi connectivity index (χ0v) is 30.3. The first kappa shape index (κ1) is 41.5. The first-order valence-corrected chi connectivity index (χ1v) is 17.3. The number of carbonyl (C=O) groups excluding carboxylic acids is 2. The zero-order valence-electron chi connectivity index (χ0n) is 30.3. The summed E-state index contributed by atoms with van der Waals surface area (Å²) in [5.74, 6) is -6.20. The van der Waals surface area contributed by atoms with Crippen LogP contribution in [-0.2, 0) is 33.1 Å². The minimum absolute atomic E-state index is 0.0511. The molecule has 1 N–H and O–H groups in total. The fraction of sp³-hybridized carbons (Fsp3) is 0.500. The van der Waals surface area contributed by atoms with Gasteiger partial charge in [-0.05, 0) is 99.8 Å². The zero-order chi connectivity index (χ0) is 39.6. The van der Waals surface area contributed by atoms with Gasteiger partial charge in [-0.2, -0.15) is 26.3 Å². The quantitative estimate of drug-likeness (QED) is 0.140. The van der Waals surface area contributed by atoms with Crippen LogP contribution in [0.25, 0.3) is 11.1 Å². The summed E-state index contributed by atoms with van der Waals surface area (Å²) in [6.07, 6.45) is -9.72. The number of hydrogen-bond acceptors (Lipinski definition) is 5. The number of ether oxygens (including phenoxy) is 1. The van der Waals surface area contributed by atoms with E-state index in [1.54, 1.807) is 39.8 Å². The Kier molecular flexibility index (Phi) is 12.8. The number of likely N-dealkylation sites (tertiary alicyclic amines) is 1. The molecule has 0 spiro atoms. The third kappa shape index (κ3) is 9.46. The summed E-state index contributed by atoms with van der Waals surface area (Å²) in [7, 11) is 0. The molecule has 0 radical (unpaired) electrons. The average Bonchev–Trinajstić information content (AvgIpc) is 3.01. The molecular weight excluding hydrogens is 714 g/mol. The lowest BCUT2D eigenvalue weighted by molar-refractivity contribution is -0.144. The number of hydrogen-bond donors (Lipinski definition) is 1. The van der Waals surface area contributed by atoms with Crippen LogP contribution in [-0.4, -0.2) is 47.6 Å². The molecule has 2 heterocycles. The number of aryl methyl sites for hydroxylation is 2. The Bertz CT molecular complexity index is 1900. The van der Waals surface area contributed by atoms with Crippen molar-refractivity contribution in [3.63, 3.8) is 0 Å². The van der Waals surface area contributed by atoms with Gasteiger partial charge in [0.1, 0.15) is 17.7 Å². The largest absolute Gasteiger partial charge is 0.466 e. The van der Waals surface area contributed by atoms with Gasteiger partial charge in [-0.3, -0.25) is 14.4 Å². The average molecular weight is 758 g/mol. The molecular formula is C38H43F8N3O4. The highest BCUT2D eigenvalue weighted by molar-refractivity contribution is 5.82. The van der Waals surface area contributed by atoms with Crippen molar-refractivity contribution < 1.29 is 49.4 Å². The maximum atomic E-state index is 16.7. The van der Waals surface area contributed by atoms with Gasteiger partial charge in [-0.15, -0.1) is 0 Å². The van der Waals surface area contributed by atoms with Gasteiger partial charge in [0.15, 0.2) is 0 Å². The Morgan fingerprint density at radius 3 is 2.09 bits per heavy atom. The van der Waals surface area contributed by atoms with Gasteiger partial charge in [0.05, 0.1) is 30.2 Å². The summed E-state index contributed by atoms with van der Waals surface area (Å²) < 4.78 is 124. The van der Waals surface area contributed by atoms with E-state index in [9.17, 15) is 40.7 Å². The van der Waals surface area contributed by atoms with Crippen LogP contribution in [0, 0.1) is 38.3 Å². The molecule has 1 unspecified atom stereocenters. The standard InChI is InChI=1S/C38H43F8N3O4/c1-7-53-31(51)18-28(33-34(39)25(16-27(35(33)40)38(44,45)46)32-22(5)10-9-21(4)23(32)6)47-36(52)29(15-20(2)3)49-19-24(11-14-48-12-8-13-48)26(17-30(49)50)37(41,42)43/h9-10,16-17,19-20,28-29H,7-8,11-15,18H2,1-6H3,(H,47,52)/t28-,29?/m0/s1. The van der Waals surface area contributed by atoms with Crippen molar-refractivity contribution in [2.24, 2.45) is 5.92 Å². The van der Waals surface area contributed by atoms with E-state index in [1.165, 1.54) is 13.8 Å². The van der Waals surface area contributed by atoms with E-state index >= 15 is 8.78 Å². The van der Waals surface area contributed by atoms with Gasteiger partial charge in [-0.25, -0.2) is 8.78 Å². The number of carbonyl (C=O) groups is 2. The van der Waals surface area contributed by atoms with Gasteiger partial charge < -0.3 is 19.5 Å². The van der Waals surface area contributed by atoms with Crippen LogP contribution in [0.2, 0.25) is 0 Å². The van der Waals surface area contributed by atoms with Crippen LogP contribution in [0.3, 0.4) is 0 Å². The highest BCUT2D eigenvalue weighted by atomic mass is 19.4. The van der Waals surface area contributed by atoms with Crippen molar-refractivity contribution in [1.82, 2.24) is 14.8 Å². The Hall–Kier alpha value is -4.27. The van der Waals surface area contributed by atoms with Crippen LogP contribution in [0.4, 0.5) is 35.1 Å². The normalized spacial score (nSPS) is 14.9. The highest BCUT2D eigenvalue weighted by Crippen LogP contribution is 2.42. The Morgan fingerprint density at radius 1 is 0.925 bits per heavy atom. The van der Waals surface area contributed by atoms with Crippen molar-refractivity contribution >= 4 is 11.9 Å². The number of alkyl halides is 6. The number of amides is 1. The monoisotopic (exact) mass is 757 g/mol. The lowest BCUT2D eigenvalue weighted by atomic mass is 9.87. The summed E-state index contributed by atoms with van der Waals surface area (Å²) in [6.45, 7) is 10.9. The Morgan fingerprint density at radius 2 is 1.55 bits per heavy atom. The van der Waals surface area contributed by atoms with Gasteiger partial charge in [0.2, 0.25) is 5.91 Å². The number of pyridine rings is 1. The summed E-state index contributed by atoms with van der Waals surface area (Å²) in [5, 5.41) is 2.29. The lowest BCUT2D eigenvalue weighted by Crippen LogP contribution is -2.41. The fourth-order valence-electron chi connectivity index (χ4n) is 6.57. The van der Waals surface area contributed by atoms with Crippen molar-refractivity contribution in [3.05, 3.63) is 91.4 Å². The molecule has 290 valence electrons. The molecule has 15 heteroatoms. The van der Waals surface area contributed by atoms with Crippen molar-refractivity contribution in [1.29, 1.82) is 0 Å². The van der Waals surface area contributed by atoms with Crippen molar-refractivity contribution in [2.45, 2.75) is 91.7 Å². The predicted octanol–water partition coefficient (Wildman–Crippen LogP) is 8.40. The highest BCUT2D eigenvalue weighted by Gasteiger charge is 2.41. The Balaban J connectivity index is 1.91. The molecule has 1 fully saturated rings.